The zero-order valence-electron chi connectivity index (χ0n) is 26.0. The predicted octanol–water partition coefficient (Wildman–Crippen LogP) is 9.83. The Kier molecular flexibility index (Phi) is 12.0. The normalized spacial score (nSPS) is 13.8. The van der Waals surface area contributed by atoms with Gasteiger partial charge in [0.1, 0.15) is 0 Å². The van der Waals surface area contributed by atoms with Gasteiger partial charge >= 0.3 is 0 Å². The number of nitrogens with two attached hydrogens (primary N) is 1. The monoisotopic (exact) mass is 549 g/mol. The van der Waals surface area contributed by atoms with Gasteiger partial charge in [-0.25, -0.2) is 0 Å². The number of pyridine rings is 1. The Hall–Kier alpha value is -3.01. The lowest BCUT2D eigenvalue weighted by Crippen LogP contribution is -2.16. The Bertz CT molecular complexity index is 1380. The Morgan fingerprint density at radius 2 is 1.51 bits per heavy atom. The molecule has 5 rings (SSSR count). The van der Waals surface area contributed by atoms with E-state index in [1.165, 1.54) is 113 Å². The van der Waals surface area contributed by atoms with Gasteiger partial charge in [-0.15, -0.1) is 0 Å². The number of nitrogens with one attached hydrogen (secondary N) is 1. The summed E-state index contributed by atoms with van der Waals surface area (Å²) in [4.78, 5) is 4.90. The number of fused-ring (bicyclic) bond motifs is 3. The van der Waals surface area contributed by atoms with E-state index in [4.69, 9.17) is 10.7 Å². The van der Waals surface area contributed by atoms with Crippen LogP contribution >= 0.6 is 0 Å². The largest absolute Gasteiger partial charge is 0.326 e. The maximum atomic E-state index is 6.16. The fourth-order valence-electron chi connectivity index (χ4n) is 6.17. The van der Waals surface area contributed by atoms with Gasteiger partial charge in [-0.1, -0.05) is 112 Å². The second-order valence-electron chi connectivity index (χ2n) is 11.8. The minimum Gasteiger partial charge on any atom is -0.326 e. The predicted molar refractivity (Wildman–Crippen MR) is 178 cm³/mol. The summed E-state index contributed by atoms with van der Waals surface area (Å²) in [6, 6.07) is 20.2. The lowest BCUT2D eigenvalue weighted by Gasteiger charge is -2.18. The first-order valence-corrected chi connectivity index (χ1v) is 16.1. The lowest BCUT2D eigenvalue weighted by atomic mass is 9.89. The van der Waals surface area contributed by atoms with Crippen LogP contribution in [0, 0.1) is 13.8 Å². The molecule has 0 spiro atoms. The number of benzene rings is 3. The number of nitrogens with zero attached hydrogens (tertiary/aromatic N) is 1. The molecule has 2 bridgehead atoms. The van der Waals surface area contributed by atoms with Crippen molar-refractivity contribution in [2.24, 2.45) is 5.73 Å². The molecule has 3 heteroatoms. The number of hydrogen-bond acceptors (Lipinski definition) is 3. The first kappa shape index (κ1) is 30.9. The summed E-state index contributed by atoms with van der Waals surface area (Å²) in [5.74, 6) is 0. The van der Waals surface area contributed by atoms with Crippen molar-refractivity contribution in [3.05, 3.63) is 88.6 Å². The van der Waals surface area contributed by atoms with E-state index in [1.54, 1.807) is 0 Å². The first-order valence-electron chi connectivity index (χ1n) is 16.1. The van der Waals surface area contributed by atoms with Crippen molar-refractivity contribution in [1.29, 1.82) is 0 Å². The highest BCUT2D eigenvalue weighted by atomic mass is 14.8. The highest BCUT2D eigenvalue weighted by molar-refractivity contribution is 5.92. The van der Waals surface area contributed by atoms with Gasteiger partial charge in [0.05, 0.1) is 5.52 Å². The Labute approximate surface area is 249 Å². The maximum Gasteiger partial charge on any atom is 0.0706 e. The highest BCUT2D eigenvalue weighted by Crippen LogP contribution is 2.35. The van der Waals surface area contributed by atoms with Gasteiger partial charge in [0, 0.05) is 30.2 Å². The Balaban J connectivity index is 0.000000493. The summed E-state index contributed by atoms with van der Waals surface area (Å²) in [5, 5.41) is 4.98. The molecule has 0 amide bonds. The molecule has 0 fully saturated rings. The second kappa shape index (κ2) is 15.8. The van der Waals surface area contributed by atoms with E-state index in [2.05, 4.69) is 93.8 Å². The molecular formula is C38H51N3. The topological polar surface area (TPSA) is 50.9 Å². The van der Waals surface area contributed by atoms with Gasteiger partial charge < -0.3 is 11.1 Å². The fraction of sp³-hybridized carbons (Fsp3) is 0.447. The van der Waals surface area contributed by atoms with E-state index in [0.717, 1.165) is 25.0 Å². The van der Waals surface area contributed by atoms with Crippen molar-refractivity contribution in [1.82, 2.24) is 10.3 Å². The molecule has 0 unspecified atom stereocenters. The van der Waals surface area contributed by atoms with E-state index < -0.39 is 0 Å². The van der Waals surface area contributed by atoms with Crippen LogP contribution in [0.15, 0.2) is 60.8 Å². The summed E-state index contributed by atoms with van der Waals surface area (Å²) in [6.45, 7) is 11.3. The summed E-state index contributed by atoms with van der Waals surface area (Å²) in [7, 11) is 0. The molecule has 1 aromatic heterocycles. The second-order valence-corrected chi connectivity index (χ2v) is 11.8. The van der Waals surface area contributed by atoms with E-state index in [0.29, 0.717) is 6.54 Å². The molecule has 218 valence electrons. The molecule has 0 aliphatic carbocycles. The molecule has 0 saturated carbocycles. The molecule has 1 aliphatic heterocycles. The Morgan fingerprint density at radius 3 is 2.24 bits per heavy atom. The van der Waals surface area contributed by atoms with Crippen LogP contribution in [0.3, 0.4) is 0 Å². The Morgan fingerprint density at radius 1 is 0.756 bits per heavy atom. The van der Waals surface area contributed by atoms with E-state index in [1.807, 2.05) is 0 Å². The van der Waals surface area contributed by atoms with Crippen molar-refractivity contribution in [2.45, 2.75) is 105 Å². The molecule has 0 radical (unpaired) electrons. The van der Waals surface area contributed by atoms with Crippen LogP contribution in [0.25, 0.3) is 33.2 Å². The summed E-state index contributed by atoms with van der Waals surface area (Å²) < 4.78 is 0. The van der Waals surface area contributed by atoms with Crippen molar-refractivity contribution >= 4 is 10.9 Å². The third-order valence-electron chi connectivity index (χ3n) is 8.36. The van der Waals surface area contributed by atoms with Gasteiger partial charge in [-0.05, 0) is 85.2 Å². The number of aryl methyl sites for hydroxylation is 2. The van der Waals surface area contributed by atoms with E-state index in [-0.39, 0.29) is 0 Å². The van der Waals surface area contributed by atoms with Crippen LogP contribution in [-0.2, 0) is 19.5 Å². The SMILES string of the molecule is CCCCCCC.Cc1cc(C)cc(-c2cnc3ccc4cc3c2CNCCCCCCc2c(CN)cccc2-4)c1. The fourth-order valence-corrected chi connectivity index (χ4v) is 6.17. The zero-order chi connectivity index (χ0) is 29.0. The minimum absolute atomic E-state index is 0.588. The molecule has 3 N–H and O–H groups in total. The maximum absolute atomic E-state index is 6.16. The zero-order valence-corrected chi connectivity index (χ0v) is 26.0. The van der Waals surface area contributed by atoms with Crippen molar-refractivity contribution < 1.29 is 0 Å². The average Bonchev–Trinajstić information content (AvgIpc) is 2.98. The van der Waals surface area contributed by atoms with Crippen LogP contribution in [0.4, 0.5) is 0 Å². The first-order chi connectivity index (χ1) is 20.0. The van der Waals surface area contributed by atoms with Gasteiger partial charge in [0.25, 0.3) is 0 Å². The summed E-state index contributed by atoms with van der Waals surface area (Å²) in [5.41, 5.74) is 18.9. The van der Waals surface area contributed by atoms with Crippen LogP contribution in [0.1, 0.15) is 99.5 Å². The van der Waals surface area contributed by atoms with Gasteiger partial charge in [-0.3, -0.25) is 4.98 Å². The number of rotatable bonds is 6. The lowest BCUT2D eigenvalue weighted by molar-refractivity contribution is 0.587. The minimum atomic E-state index is 0.588. The van der Waals surface area contributed by atoms with E-state index in [9.17, 15) is 0 Å². The van der Waals surface area contributed by atoms with Crippen LogP contribution < -0.4 is 11.1 Å². The van der Waals surface area contributed by atoms with Gasteiger partial charge in [0.2, 0.25) is 0 Å². The molecule has 3 nitrogen and oxygen atoms in total. The highest BCUT2D eigenvalue weighted by Gasteiger charge is 2.15. The van der Waals surface area contributed by atoms with Crippen molar-refractivity contribution in [3.8, 4) is 22.3 Å². The van der Waals surface area contributed by atoms with Crippen molar-refractivity contribution in [3.63, 3.8) is 0 Å². The van der Waals surface area contributed by atoms with Crippen molar-refractivity contribution in [2.75, 3.05) is 6.54 Å². The molecule has 3 aromatic carbocycles. The van der Waals surface area contributed by atoms with Crippen LogP contribution in [0.5, 0.6) is 0 Å². The standard InChI is InChI=1S/C31H35N3.C7H16/c1-21-14-22(2)16-25(15-21)29-20-34-31-12-11-23-17-28(31)30(29)19-33-13-6-4-3-5-9-27-24(18-32)8-7-10-26(23)27;1-3-5-7-6-4-2/h7-8,10-12,14-17,20,33H,3-6,9,13,18-19,32H2,1-2H3;3-7H2,1-2H3. The summed E-state index contributed by atoms with van der Waals surface area (Å²) in [6.07, 6.45) is 15.1. The number of aromatic nitrogens is 1. The molecule has 0 saturated heterocycles. The van der Waals surface area contributed by atoms with E-state index >= 15 is 0 Å². The van der Waals surface area contributed by atoms with Gasteiger partial charge in [0.15, 0.2) is 0 Å². The average molecular weight is 550 g/mol. The molecular weight excluding hydrogens is 498 g/mol. The quantitative estimate of drug-likeness (QED) is 0.235. The van der Waals surface area contributed by atoms with Crippen LogP contribution in [-0.4, -0.2) is 11.5 Å². The van der Waals surface area contributed by atoms with Gasteiger partial charge in [-0.2, -0.15) is 0 Å². The smallest absolute Gasteiger partial charge is 0.0706 e. The molecule has 41 heavy (non-hydrogen) atoms. The third kappa shape index (κ3) is 8.27. The molecule has 0 atom stereocenters. The molecule has 2 heterocycles. The number of hydrogen-bond donors (Lipinski definition) is 2. The molecule has 1 aliphatic rings. The molecule has 4 aromatic rings. The summed E-state index contributed by atoms with van der Waals surface area (Å²) >= 11 is 0. The van der Waals surface area contributed by atoms with Crippen LogP contribution in [0.2, 0.25) is 0 Å². The number of unbranched alkanes of at least 4 members (excludes halogenated alkanes) is 4. The third-order valence-corrected chi connectivity index (χ3v) is 8.36.